The average Bonchev–Trinajstić information content (AvgIpc) is 3.23. The molecule has 2 aromatic carbocycles. The van der Waals surface area contributed by atoms with Gasteiger partial charge in [-0.15, -0.1) is 11.3 Å². The largest absolute Gasteiger partial charge is 0.289 e. The van der Waals surface area contributed by atoms with Crippen molar-refractivity contribution in [3.63, 3.8) is 0 Å². The number of benzene rings is 2. The summed E-state index contributed by atoms with van der Waals surface area (Å²) in [6.45, 7) is 0. The molecular formula is C24H17NOS. The lowest BCUT2D eigenvalue weighted by atomic mass is 9.94. The zero-order chi connectivity index (χ0) is 18.5. The van der Waals surface area contributed by atoms with Crippen molar-refractivity contribution >= 4 is 28.8 Å². The lowest BCUT2D eigenvalue weighted by Gasteiger charge is -2.09. The summed E-state index contributed by atoms with van der Waals surface area (Å²) in [4.78, 5) is 18.8. The van der Waals surface area contributed by atoms with Crippen molar-refractivity contribution in [1.29, 1.82) is 0 Å². The molecule has 3 heteroatoms. The van der Waals surface area contributed by atoms with E-state index in [1.54, 1.807) is 6.20 Å². The molecule has 0 aliphatic carbocycles. The Labute approximate surface area is 162 Å². The molecule has 0 radical (unpaired) electrons. The van der Waals surface area contributed by atoms with Gasteiger partial charge in [-0.3, -0.25) is 9.78 Å². The number of thiophene rings is 1. The van der Waals surface area contributed by atoms with Crippen LogP contribution in [-0.4, -0.2) is 10.8 Å². The van der Waals surface area contributed by atoms with Gasteiger partial charge < -0.3 is 0 Å². The van der Waals surface area contributed by atoms with Crippen LogP contribution in [0.1, 0.15) is 21.5 Å². The molecule has 0 aliphatic heterocycles. The molecule has 0 N–H and O–H groups in total. The topological polar surface area (TPSA) is 30.0 Å². The fraction of sp³-hybridized carbons (Fsp3) is 0. The van der Waals surface area contributed by atoms with Crippen LogP contribution in [0.4, 0.5) is 0 Å². The maximum Gasteiger partial charge on any atom is 0.195 e. The normalized spacial score (nSPS) is 11.3. The van der Waals surface area contributed by atoms with E-state index in [1.165, 1.54) is 11.3 Å². The van der Waals surface area contributed by atoms with Gasteiger partial charge in [0.25, 0.3) is 0 Å². The van der Waals surface area contributed by atoms with Crippen LogP contribution in [0.2, 0.25) is 0 Å². The van der Waals surface area contributed by atoms with Gasteiger partial charge in [-0.25, -0.2) is 0 Å². The summed E-state index contributed by atoms with van der Waals surface area (Å²) in [6, 6.07) is 27.4. The van der Waals surface area contributed by atoms with Gasteiger partial charge in [-0.05, 0) is 40.8 Å². The summed E-state index contributed by atoms with van der Waals surface area (Å²) in [7, 11) is 0. The first-order chi connectivity index (χ1) is 13.3. The summed E-state index contributed by atoms with van der Waals surface area (Å²) in [5.74, 6) is 0.00644. The molecule has 0 spiro atoms. The van der Waals surface area contributed by atoms with E-state index in [1.807, 2.05) is 96.4 Å². The summed E-state index contributed by atoms with van der Waals surface area (Å²) >= 11 is 1.54. The maximum absolute atomic E-state index is 13.5. The van der Waals surface area contributed by atoms with Gasteiger partial charge in [-0.2, -0.15) is 0 Å². The smallest absolute Gasteiger partial charge is 0.195 e. The van der Waals surface area contributed by atoms with E-state index in [0.717, 1.165) is 21.7 Å². The van der Waals surface area contributed by atoms with Crippen LogP contribution in [-0.2, 0) is 0 Å². The number of rotatable bonds is 5. The molecule has 0 saturated heterocycles. The number of hydrogen-bond acceptors (Lipinski definition) is 3. The number of carbonyl (C=O) groups excluding carboxylic acids is 1. The third-order valence-electron chi connectivity index (χ3n) is 4.25. The second kappa shape index (κ2) is 7.94. The van der Waals surface area contributed by atoms with E-state index in [0.29, 0.717) is 11.1 Å². The number of ketones is 1. The number of pyridine rings is 1. The number of hydrogen-bond donors (Lipinski definition) is 0. The second-order valence-corrected chi connectivity index (χ2v) is 6.96. The van der Waals surface area contributed by atoms with Gasteiger partial charge in [0.05, 0.1) is 10.6 Å². The lowest BCUT2D eigenvalue weighted by molar-refractivity contribution is 0.105. The summed E-state index contributed by atoms with van der Waals surface area (Å²) in [6.07, 6.45) is 3.71. The van der Waals surface area contributed by atoms with Crippen LogP contribution >= 0.6 is 11.3 Å². The van der Waals surface area contributed by atoms with Crippen LogP contribution in [0.5, 0.6) is 0 Å². The Kier molecular flexibility index (Phi) is 5.04. The van der Waals surface area contributed by atoms with Crippen molar-refractivity contribution in [2.24, 2.45) is 0 Å². The summed E-state index contributed by atoms with van der Waals surface area (Å²) in [5.41, 5.74) is 4.09. The number of Topliss-reactive ketones (excluding diaryl/α,β-unsaturated/α-hetero) is 1. The van der Waals surface area contributed by atoms with E-state index >= 15 is 0 Å². The van der Waals surface area contributed by atoms with Crippen molar-refractivity contribution < 1.29 is 4.79 Å². The molecule has 0 fully saturated rings. The molecule has 2 aromatic heterocycles. The molecule has 27 heavy (non-hydrogen) atoms. The van der Waals surface area contributed by atoms with Crippen LogP contribution in [0, 0.1) is 0 Å². The van der Waals surface area contributed by atoms with E-state index in [4.69, 9.17) is 0 Å². The molecule has 0 bridgehead atoms. The quantitative estimate of drug-likeness (QED) is 0.238. The van der Waals surface area contributed by atoms with Crippen LogP contribution in [0.3, 0.4) is 0 Å². The molecule has 0 atom stereocenters. The predicted octanol–water partition coefficient (Wildman–Crippen LogP) is 6.23. The van der Waals surface area contributed by atoms with Crippen molar-refractivity contribution in [3.8, 4) is 10.6 Å². The number of aromatic nitrogens is 1. The van der Waals surface area contributed by atoms with Gasteiger partial charge >= 0.3 is 0 Å². The average molecular weight is 367 g/mol. The number of carbonyl (C=O) groups is 1. The fourth-order valence-corrected chi connectivity index (χ4v) is 3.81. The minimum Gasteiger partial charge on any atom is -0.289 e. The Morgan fingerprint density at radius 2 is 1.52 bits per heavy atom. The molecular weight excluding hydrogens is 350 g/mol. The van der Waals surface area contributed by atoms with Crippen LogP contribution < -0.4 is 0 Å². The Balaban J connectivity index is 1.82. The number of nitrogens with zero attached hydrogens (tertiary/aromatic N) is 1. The molecule has 4 aromatic rings. The molecule has 0 unspecified atom stereocenters. The van der Waals surface area contributed by atoms with E-state index in [-0.39, 0.29) is 5.78 Å². The zero-order valence-electron chi connectivity index (χ0n) is 14.6. The van der Waals surface area contributed by atoms with Crippen molar-refractivity contribution in [2.45, 2.75) is 0 Å². The van der Waals surface area contributed by atoms with E-state index in [2.05, 4.69) is 4.98 Å². The first kappa shape index (κ1) is 17.1. The van der Waals surface area contributed by atoms with Crippen LogP contribution in [0.15, 0.2) is 96.5 Å². The highest BCUT2D eigenvalue weighted by atomic mass is 32.1. The Morgan fingerprint density at radius 3 is 2.22 bits per heavy atom. The minimum absolute atomic E-state index is 0.00644. The molecule has 2 nitrogen and oxygen atoms in total. The third kappa shape index (κ3) is 3.78. The molecule has 0 aliphatic rings. The molecule has 130 valence electrons. The maximum atomic E-state index is 13.5. The van der Waals surface area contributed by atoms with Crippen LogP contribution in [0.25, 0.3) is 22.2 Å². The highest BCUT2D eigenvalue weighted by molar-refractivity contribution is 7.14. The van der Waals surface area contributed by atoms with Crippen molar-refractivity contribution in [1.82, 2.24) is 4.98 Å². The molecule has 0 saturated carbocycles. The Morgan fingerprint density at radius 1 is 0.815 bits per heavy atom. The lowest BCUT2D eigenvalue weighted by Crippen LogP contribution is -2.03. The molecule has 4 rings (SSSR count). The summed E-state index contributed by atoms with van der Waals surface area (Å²) in [5, 5.41) is 1.95. The molecule has 0 amide bonds. The number of allylic oxidation sites excluding steroid dienone is 1. The van der Waals surface area contributed by atoms with Gasteiger partial charge in [0, 0.05) is 17.3 Å². The second-order valence-electron chi connectivity index (χ2n) is 6.04. The first-order valence-corrected chi connectivity index (χ1v) is 9.56. The summed E-state index contributed by atoms with van der Waals surface area (Å²) < 4.78 is 0. The SMILES string of the molecule is O=C(/C(=C/c1ccccc1)c1ccccc1)c1ccsc1-c1ccccn1. The van der Waals surface area contributed by atoms with E-state index < -0.39 is 0 Å². The van der Waals surface area contributed by atoms with Gasteiger partial charge in [0.1, 0.15) is 0 Å². The standard InChI is InChI=1S/C24H17NOS/c26-23(20-14-16-27-24(20)22-13-7-8-15-25-22)21(19-11-5-2-6-12-19)17-18-9-3-1-4-10-18/h1-17H/b21-17+. The Hall–Kier alpha value is -3.30. The third-order valence-corrected chi connectivity index (χ3v) is 5.18. The Bertz CT molecular complexity index is 1070. The monoisotopic (exact) mass is 367 g/mol. The van der Waals surface area contributed by atoms with E-state index in [9.17, 15) is 4.79 Å². The minimum atomic E-state index is 0.00644. The molecule has 2 heterocycles. The van der Waals surface area contributed by atoms with Crippen molar-refractivity contribution in [2.75, 3.05) is 0 Å². The van der Waals surface area contributed by atoms with Crippen molar-refractivity contribution in [3.05, 3.63) is 113 Å². The highest BCUT2D eigenvalue weighted by Gasteiger charge is 2.20. The van der Waals surface area contributed by atoms with Gasteiger partial charge in [-0.1, -0.05) is 66.7 Å². The zero-order valence-corrected chi connectivity index (χ0v) is 15.4. The first-order valence-electron chi connectivity index (χ1n) is 8.69. The predicted molar refractivity (Wildman–Crippen MR) is 113 cm³/mol. The highest BCUT2D eigenvalue weighted by Crippen LogP contribution is 2.32. The van der Waals surface area contributed by atoms with Gasteiger partial charge in [0.15, 0.2) is 5.78 Å². The van der Waals surface area contributed by atoms with Gasteiger partial charge in [0.2, 0.25) is 0 Å². The fourth-order valence-electron chi connectivity index (χ4n) is 2.94.